The van der Waals surface area contributed by atoms with Crippen molar-refractivity contribution in [1.82, 2.24) is 4.90 Å². The van der Waals surface area contributed by atoms with Gasteiger partial charge in [0.2, 0.25) is 0 Å². The van der Waals surface area contributed by atoms with Gasteiger partial charge in [0, 0.05) is 16.6 Å². The Morgan fingerprint density at radius 3 is 2.15 bits per heavy atom. The van der Waals surface area contributed by atoms with Crippen LogP contribution < -0.4 is 5.73 Å². The fraction of sp³-hybridized carbons (Fsp3) is 0.647. The van der Waals surface area contributed by atoms with E-state index >= 15 is 0 Å². The lowest BCUT2D eigenvalue weighted by molar-refractivity contribution is 0.155. The standard InChI is InChI=1S/C17H27BrN2/c1-2-16(19)17(14-8-10-15(18)11-9-14)20-12-6-4-3-5-7-13-20/h8-11,16-17H,2-7,12-13,19H2,1H3. The maximum Gasteiger partial charge on any atom is 0.0499 e. The summed E-state index contributed by atoms with van der Waals surface area (Å²) in [6.07, 6.45) is 7.77. The molecule has 0 spiro atoms. The molecule has 2 unspecified atom stereocenters. The Bertz CT molecular complexity index is 382. The Balaban J connectivity index is 2.19. The summed E-state index contributed by atoms with van der Waals surface area (Å²) < 4.78 is 1.14. The zero-order valence-electron chi connectivity index (χ0n) is 12.5. The highest BCUT2D eigenvalue weighted by Gasteiger charge is 2.25. The van der Waals surface area contributed by atoms with E-state index in [1.165, 1.54) is 50.8 Å². The minimum absolute atomic E-state index is 0.218. The van der Waals surface area contributed by atoms with E-state index in [0.717, 1.165) is 10.9 Å². The fourth-order valence-corrected chi connectivity index (χ4v) is 3.43. The molecule has 0 aliphatic carbocycles. The van der Waals surface area contributed by atoms with E-state index < -0.39 is 0 Å². The molecular weight excluding hydrogens is 312 g/mol. The normalized spacial score (nSPS) is 20.9. The van der Waals surface area contributed by atoms with Crippen LogP contribution in [0.25, 0.3) is 0 Å². The number of hydrogen-bond donors (Lipinski definition) is 1. The molecule has 0 bridgehead atoms. The van der Waals surface area contributed by atoms with Gasteiger partial charge in [0.15, 0.2) is 0 Å². The second-order valence-corrected chi connectivity index (χ2v) is 6.79. The SMILES string of the molecule is CCC(N)C(c1ccc(Br)cc1)N1CCCCCCC1. The van der Waals surface area contributed by atoms with Crippen molar-refractivity contribution in [2.75, 3.05) is 13.1 Å². The van der Waals surface area contributed by atoms with Gasteiger partial charge in [-0.1, -0.05) is 54.2 Å². The van der Waals surface area contributed by atoms with Gasteiger partial charge >= 0.3 is 0 Å². The minimum Gasteiger partial charge on any atom is -0.326 e. The maximum atomic E-state index is 6.45. The molecule has 2 N–H and O–H groups in total. The third-order valence-electron chi connectivity index (χ3n) is 4.37. The van der Waals surface area contributed by atoms with Crippen LogP contribution in [0.1, 0.15) is 57.1 Å². The van der Waals surface area contributed by atoms with E-state index in [9.17, 15) is 0 Å². The summed E-state index contributed by atoms with van der Waals surface area (Å²) >= 11 is 3.52. The van der Waals surface area contributed by atoms with Gasteiger partial charge in [-0.2, -0.15) is 0 Å². The molecule has 0 radical (unpaired) electrons. The third-order valence-corrected chi connectivity index (χ3v) is 4.90. The average Bonchev–Trinajstić information content (AvgIpc) is 2.42. The van der Waals surface area contributed by atoms with Crippen LogP contribution in [0.4, 0.5) is 0 Å². The van der Waals surface area contributed by atoms with Crippen LogP contribution in [-0.2, 0) is 0 Å². The molecule has 2 atom stereocenters. The molecule has 2 nitrogen and oxygen atoms in total. The Hall–Kier alpha value is -0.380. The molecule has 1 heterocycles. The molecule has 1 aliphatic heterocycles. The summed E-state index contributed by atoms with van der Waals surface area (Å²) in [6.45, 7) is 4.57. The van der Waals surface area contributed by atoms with Crippen molar-refractivity contribution < 1.29 is 0 Å². The smallest absolute Gasteiger partial charge is 0.0499 e. The van der Waals surface area contributed by atoms with Crippen LogP contribution in [0, 0.1) is 0 Å². The predicted molar refractivity (Wildman–Crippen MR) is 89.8 cm³/mol. The largest absolute Gasteiger partial charge is 0.326 e. The van der Waals surface area contributed by atoms with Crippen LogP contribution in [0.3, 0.4) is 0 Å². The van der Waals surface area contributed by atoms with Crippen LogP contribution in [-0.4, -0.2) is 24.0 Å². The van der Waals surface area contributed by atoms with Crippen molar-refractivity contribution in [3.05, 3.63) is 34.3 Å². The summed E-state index contributed by atoms with van der Waals surface area (Å²) in [6, 6.07) is 9.30. The first-order valence-electron chi connectivity index (χ1n) is 7.97. The number of hydrogen-bond acceptors (Lipinski definition) is 2. The van der Waals surface area contributed by atoms with E-state index in [4.69, 9.17) is 5.73 Å². The molecule has 0 aromatic heterocycles. The van der Waals surface area contributed by atoms with Crippen LogP contribution >= 0.6 is 15.9 Å². The number of likely N-dealkylation sites (tertiary alicyclic amines) is 1. The molecule has 2 rings (SSSR count). The van der Waals surface area contributed by atoms with Crippen molar-refractivity contribution in [2.45, 2.75) is 57.5 Å². The molecule has 0 amide bonds. The molecule has 1 saturated heterocycles. The summed E-state index contributed by atoms with van der Waals surface area (Å²) in [5, 5.41) is 0. The van der Waals surface area contributed by atoms with Crippen molar-refractivity contribution >= 4 is 15.9 Å². The molecule has 1 aromatic carbocycles. The monoisotopic (exact) mass is 338 g/mol. The van der Waals surface area contributed by atoms with E-state index in [2.05, 4.69) is 52.0 Å². The molecule has 1 aromatic rings. The van der Waals surface area contributed by atoms with Crippen molar-refractivity contribution in [3.63, 3.8) is 0 Å². The molecule has 112 valence electrons. The second-order valence-electron chi connectivity index (χ2n) is 5.87. The highest BCUT2D eigenvalue weighted by Crippen LogP contribution is 2.28. The lowest BCUT2D eigenvalue weighted by atomic mass is 9.94. The fourth-order valence-electron chi connectivity index (χ4n) is 3.16. The molecule has 20 heavy (non-hydrogen) atoms. The molecule has 1 fully saturated rings. The molecule has 3 heteroatoms. The van der Waals surface area contributed by atoms with Crippen LogP contribution in [0.15, 0.2) is 28.7 Å². The second kappa shape index (κ2) is 8.16. The summed E-state index contributed by atoms with van der Waals surface area (Å²) in [5.41, 5.74) is 7.82. The van der Waals surface area contributed by atoms with Gasteiger partial charge in [0.1, 0.15) is 0 Å². The molecule has 0 saturated carbocycles. The zero-order chi connectivity index (χ0) is 14.4. The van der Waals surface area contributed by atoms with Gasteiger partial charge in [-0.15, -0.1) is 0 Å². The lowest BCUT2D eigenvalue weighted by Crippen LogP contribution is -2.42. The number of halogens is 1. The topological polar surface area (TPSA) is 29.3 Å². The van der Waals surface area contributed by atoms with Gasteiger partial charge in [-0.05, 0) is 50.0 Å². The van der Waals surface area contributed by atoms with E-state index in [1.807, 2.05) is 0 Å². The third kappa shape index (κ3) is 4.31. The highest BCUT2D eigenvalue weighted by atomic mass is 79.9. The van der Waals surface area contributed by atoms with Gasteiger partial charge in [-0.3, -0.25) is 4.90 Å². The first-order valence-corrected chi connectivity index (χ1v) is 8.76. The van der Waals surface area contributed by atoms with Crippen LogP contribution in [0.2, 0.25) is 0 Å². The van der Waals surface area contributed by atoms with E-state index in [0.29, 0.717) is 6.04 Å². The van der Waals surface area contributed by atoms with Gasteiger partial charge < -0.3 is 5.73 Å². The van der Waals surface area contributed by atoms with Crippen molar-refractivity contribution in [2.24, 2.45) is 5.73 Å². The van der Waals surface area contributed by atoms with Crippen molar-refractivity contribution in [1.29, 1.82) is 0 Å². The highest BCUT2D eigenvalue weighted by molar-refractivity contribution is 9.10. The van der Waals surface area contributed by atoms with Gasteiger partial charge in [0.05, 0.1) is 0 Å². The zero-order valence-corrected chi connectivity index (χ0v) is 14.1. The lowest BCUT2D eigenvalue weighted by Gasteiger charge is -2.36. The first kappa shape index (κ1) is 16.0. The Morgan fingerprint density at radius 1 is 1.05 bits per heavy atom. The molecular formula is C17H27BrN2. The maximum absolute atomic E-state index is 6.45. The first-order chi connectivity index (χ1) is 9.72. The van der Waals surface area contributed by atoms with Gasteiger partial charge in [-0.25, -0.2) is 0 Å². The van der Waals surface area contributed by atoms with Gasteiger partial charge in [0.25, 0.3) is 0 Å². The number of nitrogens with two attached hydrogens (primary N) is 1. The Labute approximate surface area is 131 Å². The number of rotatable bonds is 4. The Kier molecular flexibility index (Phi) is 6.53. The van der Waals surface area contributed by atoms with E-state index in [1.54, 1.807) is 0 Å². The number of benzene rings is 1. The Morgan fingerprint density at radius 2 is 1.60 bits per heavy atom. The average molecular weight is 339 g/mol. The summed E-state index contributed by atoms with van der Waals surface area (Å²) in [4.78, 5) is 2.62. The predicted octanol–water partition coefficient (Wildman–Crippen LogP) is 4.49. The van der Waals surface area contributed by atoms with E-state index in [-0.39, 0.29) is 6.04 Å². The number of nitrogens with zero attached hydrogens (tertiary/aromatic N) is 1. The summed E-state index contributed by atoms with van der Waals surface area (Å²) in [5.74, 6) is 0. The molecule has 1 aliphatic rings. The summed E-state index contributed by atoms with van der Waals surface area (Å²) in [7, 11) is 0. The quantitative estimate of drug-likeness (QED) is 0.875. The minimum atomic E-state index is 0.218. The van der Waals surface area contributed by atoms with Crippen LogP contribution in [0.5, 0.6) is 0 Å². The van der Waals surface area contributed by atoms with Crippen molar-refractivity contribution in [3.8, 4) is 0 Å².